The summed E-state index contributed by atoms with van der Waals surface area (Å²) in [7, 11) is -1.04. The highest BCUT2D eigenvalue weighted by Crippen LogP contribution is 2.25. The van der Waals surface area contributed by atoms with E-state index in [0.717, 1.165) is 0 Å². The molecule has 0 unspecified atom stereocenters. The van der Waals surface area contributed by atoms with Crippen LogP contribution in [0.5, 0.6) is 17.2 Å². The molecular weight excluding hydrogens is 496 g/mol. The van der Waals surface area contributed by atoms with Gasteiger partial charge >= 0.3 is 16.1 Å². The summed E-state index contributed by atoms with van der Waals surface area (Å²) in [6, 6.07) is 22.7. The molecule has 37 heavy (non-hydrogen) atoms. The van der Waals surface area contributed by atoms with E-state index >= 15 is 0 Å². The van der Waals surface area contributed by atoms with Crippen LogP contribution in [0.3, 0.4) is 0 Å². The average Bonchev–Trinajstić information content (AvgIpc) is 3.42. The lowest BCUT2D eigenvalue weighted by Gasteiger charge is -2.23. The third-order valence-corrected chi connectivity index (χ3v) is 6.65. The van der Waals surface area contributed by atoms with Gasteiger partial charge in [-0.05, 0) is 66.2 Å². The maximum atomic E-state index is 13.2. The number of anilines is 1. The number of benzene rings is 3. The molecule has 0 aliphatic heterocycles. The Morgan fingerprint density at radius 3 is 2.35 bits per heavy atom. The zero-order valence-corrected chi connectivity index (χ0v) is 21.1. The number of carbonyl (C=O) groups excluding carboxylic acids is 1. The van der Waals surface area contributed by atoms with Crippen molar-refractivity contribution in [3.05, 3.63) is 103 Å². The minimum Gasteiger partial charge on any atom is -0.497 e. The standard InChI is InChI=1S/C27H26N2O7S/c1-33-21-12-14-24(15-13-21)37(31,32)36-22-8-5-7-20(17-22)18-29(19-23-9-6-16-35-23)27(30)28-25-10-3-4-11-26(25)34-2/h3-17H,18-19H2,1-2H3,(H,28,30). The number of rotatable bonds is 10. The molecule has 2 amide bonds. The molecule has 0 bridgehead atoms. The van der Waals surface area contributed by atoms with Gasteiger partial charge in [-0.3, -0.25) is 0 Å². The van der Waals surface area contributed by atoms with Crippen LogP contribution < -0.4 is 19.0 Å². The first-order valence-corrected chi connectivity index (χ1v) is 12.7. The minimum atomic E-state index is -4.07. The lowest BCUT2D eigenvalue weighted by molar-refractivity contribution is 0.201. The number of nitrogens with zero attached hydrogens (tertiary/aromatic N) is 1. The molecule has 4 aromatic rings. The summed E-state index contributed by atoms with van der Waals surface area (Å²) < 4.78 is 46.7. The van der Waals surface area contributed by atoms with Crippen molar-refractivity contribution in [2.75, 3.05) is 19.5 Å². The molecule has 0 saturated heterocycles. The summed E-state index contributed by atoms with van der Waals surface area (Å²) in [6.45, 7) is 0.338. The number of methoxy groups -OCH3 is 2. The molecule has 0 atom stereocenters. The summed E-state index contributed by atoms with van der Waals surface area (Å²) in [5, 5.41) is 2.86. The van der Waals surface area contributed by atoms with Crippen LogP contribution in [-0.4, -0.2) is 33.6 Å². The third kappa shape index (κ3) is 6.62. The predicted molar refractivity (Wildman–Crippen MR) is 137 cm³/mol. The van der Waals surface area contributed by atoms with E-state index < -0.39 is 16.1 Å². The smallest absolute Gasteiger partial charge is 0.339 e. The van der Waals surface area contributed by atoms with Crippen molar-refractivity contribution in [3.63, 3.8) is 0 Å². The Bertz CT molecular complexity index is 1440. The largest absolute Gasteiger partial charge is 0.497 e. The van der Waals surface area contributed by atoms with Crippen LogP contribution in [0.25, 0.3) is 0 Å². The Morgan fingerprint density at radius 1 is 0.865 bits per heavy atom. The van der Waals surface area contributed by atoms with E-state index in [1.807, 2.05) is 0 Å². The van der Waals surface area contributed by atoms with E-state index in [1.165, 1.54) is 43.6 Å². The van der Waals surface area contributed by atoms with Gasteiger partial charge in [0.1, 0.15) is 27.9 Å². The number of hydrogen-bond donors (Lipinski definition) is 1. The topological polar surface area (TPSA) is 107 Å². The number of ether oxygens (including phenoxy) is 2. The molecule has 10 heteroatoms. The van der Waals surface area contributed by atoms with Crippen LogP contribution in [0, 0.1) is 0 Å². The minimum absolute atomic E-state index is 0.00525. The van der Waals surface area contributed by atoms with Gasteiger partial charge in [0, 0.05) is 6.54 Å². The molecule has 0 fully saturated rings. The van der Waals surface area contributed by atoms with Crippen molar-refractivity contribution in [2.24, 2.45) is 0 Å². The van der Waals surface area contributed by atoms with Crippen LogP contribution in [0.4, 0.5) is 10.5 Å². The first-order chi connectivity index (χ1) is 17.9. The molecule has 0 radical (unpaired) electrons. The number of urea groups is 1. The Kier molecular flexibility index (Phi) is 7.99. The van der Waals surface area contributed by atoms with Crippen LogP contribution in [0.15, 0.2) is 101 Å². The molecular formula is C27H26N2O7S. The second-order valence-electron chi connectivity index (χ2n) is 7.93. The van der Waals surface area contributed by atoms with E-state index in [2.05, 4.69) is 5.32 Å². The number of carbonyl (C=O) groups is 1. The summed E-state index contributed by atoms with van der Waals surface area (Å²) >= 11 is 0. The van der Waals surface area contributed by atoms with Gasteiger partial charge in [0.15, 0.2) is 0 Å². The highest BCUT2D eigenvalue weighted by atomic mass is 32.2. The Balaban J connectivity index is 1.53. The third-order valence-electron chi connectivity index (χ3n) is 5.39. The zero-order chi connectivity index (χ0) is 26.3. The maximum absolute atomic E-state index is 13.2. The van der Waals surface area contributed by atoms with Crippen molar-refractivity contribution in [2.45, 2.75) is 18.0 Å². The fourth-order valence-corrected chi connectivity index (χ4v) is 4.49. The van der Waals surface area contributed by atoms with E-state index in [4.69, 9.17) is 18.1 Å². The van der Waals surface area contributed by atoms with Gasteiger partial charge in [0.05, 0.1) is 32.7 Å². The quantitative estimate of drug-likeness (QED) is 0.282. The molecule has 0 aliphatic carbocycles. The van der Waals surface area contributed by atoms with E-state index in [1.54, 1.807) is 66.7 Å². The second kappa shape index (κ2) is 11.5. The summed E-state index contributed by atoms with van der Waals surface area (Å²) in [4.78, 5) is 14.8. The van der Waals surface area contributed by atoms with E-state index in [-0.39, 0.29) is 23.7 Å². The molecule has 4 rings (SSSR count). The van der Waals surface area contributed by atoms with E-state index in [0.29, 0.717) is 28.5 Å². The lowest BCUT2D eigenvalue weighted by atomic mass is 10.2. The normalized spacial score (nSPS) is 11.0. The molecule has 0 aliphatic rings. The zero-order valence-electron chi connectivity index (χ0n) is 20.3. The summed E-state index contributed by atoms with van der Waals surface area (Å²) in [5.41, 5.74) is 1.17. The Morgan fingerprint density at radius 2 is 1.65 bits per heavy atom. The molecule has 0 spiro atoms. The molecule has 0 saturated carbocycles. The van der Waals surface area contributed by atoms with Crippen molar-refractivity contribution in [1.82, 2.24) is 4.90 Å². The monoisotopic (exact) mass is 522 g/mol. The van der Waals surface area contributed by atoms with E-state index in [9.17, 15) is 13.2 Å². The number of nitrogens with one attached hydrogen (secondary N) is 1. The first-order valence-electron chi connectivity index (χ1n) is 11.3. The van der Waals surface area contributed by atoms with Gasteiger partial charge in [0.2, 0.25) is 0 Å². The molecule has 192 valence electrons. The fourth-order valence-electron chi connectivity index (χ4n) is 3.57. The van der Waals surface area contributed by atoms with Crippen molar-refractivity contribution in [3.8, 4) is 17.2 Å². The van der Waals surface area contributed by atoms with Crippen molar-refractivity contribution >= 4 is 21.8 Å². The van der Waals surface area contributed by atoms with Gasteiger partial charge < -0.3 is 28.3 Å². The Hall–Kier alpha value is -4.44. The van der Waals surface area contributed by atoms with Gasteiger partial charge in [-0.1, -0.05) is 24.3 Å². The molecule has 1 N–H and O–H groups in total. The van der Waals surface area contributed by atoms with Gasteiger partial charge in [-0.25, -0.2) is 4.79 Å². The molecule has 1 aromatic heterocycles. The Labute approximate surface area is 215 Å². The summed E-state index contributed by atoms with van der Waals surface area (Å²) in [6.07, 6.45) is 1.53. The number of hydrogen-bond acceptors (Lipinski definition) is 7. The highest BCUT2D eigenvalue weighted by Gasteiger charge is 2.20. The number of amides is 2. The van der Waals surface area contributed by atoms with Crippen LogP contribution in [-0.2, 0) is 23.2 Å². The number of furan rings is 1. The van der Waals surface area contributed by atoms with Crippen LogP contribution in [0.2, 0.25) is 0 Å². The number of para-hydroxylation sites is 2. The van der Waals surface area contributed by atoms with Crippen LogP contribution in [0.1, 0.15) is 11.3 Å². The maximum Gasteiger partial charge on any atom is 0.339 e. The van der Waals surface area contributed by atoms with Crippen molar-refractivity contribution < 1.29 is 31.3 Å². The van der Waals surface area contributed by atoms with Gasteiger partial charge in [-0.2, -0.15) is 8.42 Å². The highest BCUT2D eigenvalue weighted by molar-refractivity contribution is 7.87. The fraction of sp³-hybridized carbons (Fsp3) is 0.148. The van der Waals surface area contributed by atoms with Gasteiger partial charge in [0.25, 0.3) is 0 Å². The van der Waals surface area contributed by atoms with Crippen molar-refractivity contribution in [1.29, 1.82) is 0 Å². The molecule has 3 aromatic carbocycles. The van der Waals surface area contributed by atoms with Gasteiger partial charge in [-0.15, -0.1) is 0 Å². The lowest BCUT2D eigenvalue weighted by Crippen LogP contribution is -2.34. The summed E-state index contributed by atoms with van der Waals surface area (Å²) in [5.74, 6) is 1.76. The predicted octanol–water partition coefficient (Wildman–Crippen LogP) is 5.30. The SMILES string of the molecule is COc1ccc(S(=O)(=O)Oc2cccc(CN(Cc3ccco3)C(=O)Nc3ccccc3OC)c2)cc1. The second-order valence-corrected chi connectivity index (χ2v) is 9.47. The first kappa shape index (κ1) is 25.6. The molecule has 1 heterocycles. The van der Waals surface area contributed by atoms with Crippen LogP contribution >= 0.6 is 0 Å². The molecule has 9 nitrogen and oxygen atoms in total. The average molecular weight is 523 g/mol.